The molecule has 0 rings (SSSR count). The van der Waals surface area contributed by atoms with Crippen molar-refractivity contribution in [2.75, 3.05) is 13.2 Å². The molecule has 0 saturated carbocycles. The van der Waals surface area contributed by atoms with E-state index in [1.54, 1.807) is 0 Å². The van der Waals surface area contributed by atoms with Crippen molar-refractivity contribution < 1.29 is 9.84 Å². The summed E-state index contributed by atoms with van der Waals surface area (Å²) in [5.41, 5.74) is 5.70. The Morgan fingerprint density at radius 3 is 2.13 bits per heavy atom. The molecule has 0 aliphatic rings. The Balaban J connectivity index is 3.91. The lowest BCUT2D eigenvalue weighted by Gasteiger charge is -2.30. The Morgan fingerprint density at radius 2 is 1.73 bits per heavy atom. The van der Waals surface area contributed by atoms with Crippen molar-refractivity contribution in [3.63, 3.8) is 0 Å². The van der Waals surface area contributed by atoms with Gasteiger partial charge in [-0.3, -0.25) is 0 Å². The molecular weight excluding hydrogens is 190 g/mol. The maximum atomic E-state index is 8.93. The molecule has 15 heavy (non-hydrogen) atoms. The summed E-state index contributed by atoms with van der Waals surface area (Å²) in [4.78, 5) is 0. The first kappa shape index (κ1) is 14.9. The van der Waals surface area contributed by atoms with Gasteiger partial charge in [-0.15, -0.1) is 0 Å². The topological polar surface area (TPSA) is 55.5 Å². The minimum atomic E-state index is -0.196. The zero-order chi connectivity index (χ0) is 11.9. The second-order valence-corrected chi connectivity index (χ2v) is 4.88. The van der Waals surface area contributed by atoms with Crippen LogP contribution in [0.4, 0.5) is 0 Å². The van der Waals surface area contributed by atoms with E-state index in [1.807, 2.05) is 13.8 Å². The van der Waals surface area contributed by atoms with Gasteiger partial charge < -0.3 is 15.6 Å². The van der Waals surface area contributed by atoms with Gasteiger partial charge in [0.05, 0.1) is 5.60 Å². The van der Waals surface area contributed by atoms with Crippen molar-refractivity contribution >= 4 is 0 Å². The van der Waals surface area contributed by atoms with Gasteiger partial charge in [-0.1, -0.05) is 13.8 Å². The smallest absolute Gasteiger partial charge is 0.0673 e. The molecule has 0 amide bonds. The van der Waals surface area contributed by atoms with Crippen molar-refractivity contribution in [2.24, 2.45) is 5.73 Å². The summed E-state index contributed by atoms with van der Waals surface area (Å²) in [5, 5.41) is 8.93. The van der Waals surface area contributed by atoms with Crippen LogP contribution in [0.2, 0.25) is 0 Å². The molecule has 0 bridgehead atoms. The molecule has 0 fully saturated rings. The molecule has 0 aromatic rings. The normalized spacial score (nSPS) is 19.6. The van der Waals surface area contributed by atoms with E-state index in [0.717, 1.165) is 19.3 Å². The lowest BCUT2D eigenvalue weighted by molar-refractivity contribution is -0.0542. The highest BCUT2D eigenvalue weighted by Gasteiger charge is 2.23. The maximum absolute atomic E-state index is 8.93. The van der Waals surface area contributed by atoms with Gasteiger partial charge >= 0.3 is 0 Å². The molecule has 0 aliphatic heterocycles. The summed E-state index contributed by atoms with van der Waals surface area (Å²) in [7, 11) is 0. The molecule has 3 N–H and O–H groups in total. The number of ether oxygens (including phenoxy) is 1. The van der Waals surface area contributed by atoms with Crippen LogP contribution in [0.1, 0.15) is 53.4 Å². The Hall–Kier alpha value is -0.120. The number of aliphatic hydroxyl groups is 1. The van der Waals surface area contributed by atoms with Crippen molar-refractivity contribution in [3.05, 3.63) is 0 Å². The first-order chi connectivity index (χ1) is 6.89. The molecule has 0 heterocycles. The highest BCUT2D eigenvalue weighted by molar-refractivity contribution is 4.78. The number of nitrogens with two attached hydrogens (primary N) is 1. The highest BCUT2D eigenvalue weighted by Crippen LogP contribution is 2.21. The van der Waals surface area contributed by atoms with Crippen molar-refractivity contribution in [2.45, 2.75) is 64.5 Å². The predicted molar refractivity (Wildman–Crippen MR) is 63.9 cm³/mol. The molecule has 3 nitrogen and oxygen atoms in total. The lowest BCUT2D eigenvalue weighted by atomic mass is 9.95. The Kier molecular flexibility index (Phi) is 6.41. The van der Waals surface area contributed by atoms with Crippen LogP contribution in [-0.2, 0) is 4.74 Å². The van der Waals surface area contributed by atoms with Gasteiger partial charge in [0, 0.05) is 18.8 Å². The van der Waals surface area contributed by atoms with E-state index in [2.05, 4.69) is 13.8 Å². The van der Waals surface area contributed by atoms with Gasteiger partial charge in [-0.2, -0.15) is 0 Å². The molecule has 0 saturated heterocycles. The minimum absolute atomic E-state index is 0.131. The van der Waals surface area contributed by atoms with E-state index < -0.39 is 0 Å². The highest BCUT2D eigenvalue weighted by atomic mass is 16.5. The van der Waals surface area contributed by atoms with E-state index in [-0.39, 0.29) is 17.7 Å². The summed E-state index contributed by atoms with van der Waals surface area (Å²) in [6.07, 6.45) is 3.43. The second-order valence-electron chi connectivity index (χ2n) is 4.88. The van der Waals surface area contributed by atoms with Crippen molar-refractivity contribution in [3.8, 4) is 0 Å². The largest absolute Gasteiger partial charge is 0.396 e. The van der Waals surface area contributed by atoms with Crippen LogP contribution in [0, 0.1) is 0 Å². The first-order valence-electron chi connectivity index (χ1n) is 5.93. The van der Waals surface area contributed by atoms with Gasteiger partial charge in [0.1, 0.15) is 0 Å². The number of hydrogen-bond acceptors (Lipinski definition) is 3. The number of aliphatic hydroxyl groups excluding tert-OH is 1. The molecule has 2 unspecified atom stereocenters. The summed E-state index contributed by atoms with van der Waals surface area (Å²) in [5.74, 6) is 0. The quantitative estimate of drug-likeness (QED) is 0.654. The van der Waals surface area contributed by atoms with Crippen LogP contribution in [0.3, 0.4) is 0 Å². The van der Waals surface area contributed by atoms with E-state index in [1.165, 1.54) is 0 Å². The standard InChI is InChI=1S/C12H27NO2/c1-5-11(3,13)8-10-15-12(4,6-2)7-9-14/h14H,5-10,13H2,1-4H3. The van der Waals surface area contributed by atoms with Gasteiger partial charge in [0.15, 0.2) is 0 Å². The fraction of sp³-hybridized carbons (Fsp3) is 1.00. The zero-order valence-electron chi connectivity index (χ0n) is 10.7. The third-order valence-corrected chi connectivity index (χ3v) is 3.32. The number of hydrogen-bond donors (Lipinski definition) is 2. The Labute approximate surface area is 94.0 Å². The average molecular weight is 217 g/mol. The molecule has 2 atom stereocenters. The van der Waals surface area contributed by atoms with Crippen LogP contribution >= 0.6 is 0 Å². The van der Waals surface area contributed by atoms with E-state index >= 15 is 0 Å². The fourth-order valence-corrected chi connectivity index (χ4v) is 1.29. The van der Waals surface area contributed by atoms with Crippen LogP contribution in [0.5, 0.6) is 0 Å². The molecule has 0 aliphatic carbocycles. The maximum Gasteiger partial charge on any atom is 0.0673 e. The Morgan fingerprint density at radius 1 is 1.13 bits per heavy atom. The van der Waals surface area contributed by atoms with E-state index in [0.29, 0.717) is 13.0 Å². The Bertz CT molecular complexity index is 171. The van der Waals surface area contributed by atoms with Gasteiger partial charge in [0.25, 0.3) is 0 Å². The molecule has 3 heteroatoms. The third kappa shape index (κ3) is 6.13. The van der Waals surface area contributed by atoms with Crippen molar-refractivity contribution in [1.29, 1.82) is 0 Å². The molecular formula is C12H27NO2. The van der Waals surface area contributed by atoms with Gasteiger partial charge in [-0.05, 0) is 39.5 Å². The summed E-state index contributed by atoms with van der Waals surface area (Å²) in [6, 6.07) is 0. The van der Waals surface area contributed by atoms with Crippen LogP contribution in [0.25, 0.3) is 0 Å². The minimum Gasteiger partial charge on any atom is -0.396 e. The van der Waals surface area contributed by atoms with Crippen LogP contribution in [-0.4, -0.2) is 29.5 Å². The molecule has 92 valence electrons. The monoisotopic (exact) mass is 217 g/mol. The lowest BCUT2D eigenvalue weighted by Crippen LogP contribution is -2.38. The SMILES string of the molecule is CCC(C)(N)CCOC(C)(CC)CCO. The summed E-state index contributed by atoms with van der Waals surface area (Å²) >= 11 is 0. The molecule has 0 aromatic heterocycles. The second kappa shape index (κ2) is 6.46. The average Bonchev–Trinajstić information content (AvgIpc) is 2.18. The summed E-state index contributed by atoms with van der Waals surface area (Å²) in [6.45, 7) is 9.11. The van der Waals surface area contributed by atoms with Gasteiger partial charge in [0.2, 0.25) is 0 Å². The van der Waals surface area contributed by atoms with Crippen LogP contribution in [0.15, 0.2) is 0 Å². The van der Waals surface area contributed by atoms with Crippen molar-refractivity contribution in [1.82, 2.24) is 0 Å². The number of rotatable bonds is 8. The van der Waals surface area contributed by atoms with Gasteiger partial charge in [-0.25, -0.2) is 0 Å². The molecule has 0 spiro atoms. The zero-order valence-corrected chi connectivity index (χ0v) is 10.7. The molecule has 0 aromatic carbocycles. The fourth-order valence-electron chi connectivity index (χ4n) is 1.29. The van der Waals surface area contributed by atoms with E-state index in [4.69, 9.17) is 15.6 Å². The van der Waals surface area contributed by atoms with E-state index in [9.17, 15) is 0 Å². The van der Waals surface area contributed by atoms with Crippen LogP contribution < -0.4 is 5.73 Å². The predicted octanol–water partition coefficient (Wildman–Crippen LogP) is 2.07. The summed E-state index contributed by atoms with van der Waals surface area (Å²) < 4.78 is 5.82. The first-order valence-corrected chi connectivity index (χ1v) is 5.93. The third-order valence-electron chi connectivity index (χ3n) is 3.32. The molecule has 0 radical (unpaired) electrons.